The number of para-hydroxylation sites is 1. The first kappa shape index (κ1) is 25.6. The van der Waals surface area contributed by atoms with E-state index in [1.807, 2.05) is 31.2 Å². The maximum atomic E-state index is 13.4. The van der Waals surface area contributed by atoms with Gasteiger partial charge in [0.05, 0.1) is 17.2 Å². The van der Waals surface area contributed by atoms with Crippen molar-refractivity contribution in [1.29, 1.82) is 0 Å². The number of sulfonamides is 1. The second-order valence-corrected chi connectivity index (χ2v) is 10.0. The largest absolute Gasteiger partial charge is 0.494 e. The molecule has 0 atom stereocenters. The lowest BCUT2D eigenvalue weighted by atomic mass is 10.1. The number of benzene rings is 3. The van der Waals surface area contributed by atoms with Gasteiger partial charge in [0.15, 0.2) is 0 Å². The first-order valence-corrected chi connectivity index (χ1v) is 13.0. The van der Waals surface area contributed by atoms with Crippen LogP contribution in [0.1, 0.15) is 24.5 Å². The molecule has 0 radical (unpaired) electrons. The van der Waals surface area contributed by atoms with E-state index in [1.165, 1.54) is 12.1 Å². The first-order chi connectivity index (χ1) is 16.3. The standard InChI is InChI=1S/C26H29ClN2O4S/c1-3-33-25-14-8-7-10-21(25)11-9-17-28-26(30)19-29(24-18-22(27)16-15-20(24)2)34(31,32)23-12-5-4-6-13-23/h4-8,10,12-16,18H,3,9,11,17,19H2,1-2H3,(H,28,30). The van der Waals surface area contributed by atoms with Gasteiger partial charge in [-0.1, -0.05) is 54.1 Å². The lowest BCUT2D eigenvalue weighted by Crippen LogP contribution is -2.41. The molecule has 0 aliphatic heterocycles. The molecule has 0 spiro atoms. The molecule has 0 aliphatic carbocycles. The maximum Gasteiger partial charge on any atom is 0.264 e. The highest BCUT2D eigenvalue weighted by Crippen LogP contribution is 2.29. The zero-order chi connectivity index (χ0) is 24.6. The second kappa shape index (κ2) is 11.9. The van der Waals surface area contributed by atoms with E-state index < -0.39 is 15.9 Å². The molecule has 0 aromatic heterocycles. The van der Waals surface area contributed by atoms with Crippen molar-refractivity contribution in [1.82, 2.24) is 5.32 Å². The summed E-state index contributed by atoms with van der Waals surface area (Å²) in [6.45, 7) is 4.37. The molecule has 0 unspecified atom stereocenters. The zero-order valence-corrected chi connectivity index (χ0v) is 20.9. The summed E-state index contributed by atoms with van der Waals surface area (Å²) in [4.78, 5) is 12.9. The minimum atomic E-state index is -3.98. The highest BCUT2D eigenvalue weighted by molar-refractivity contribution is 7.92. The Hall–Kier alpha value is -3.03. The molecule has 6 nitrogen and oxygen atoms in total. The Kier molecular flexibility index (Phi) is 8.96. The Morgan fingerprint density at radius 3 is 2.47 bits per heavy atom. The fourth-order valence-electron chi connectivity index (χ4n) is 3.57. The molecule has 0 fully saturated rings. The summed E-state index contributed by atoms with van der Waals surface area (Å²) in [5, 5.41) is 3.23. The predicted molar refractivity (Wildman–Crippen MR) is 136 cm³/mol. The number of ether oxygens (including phenoxy) is 1. The van der Waals surface area contributed by atoms with Gasteiger partial charge in [-0.3, -0.25) is 9.10 Å². The minimum absolute atomic E-state index is 0.106. The number of halogens is 1. The number of hydrogen-bond acceptors (Lipinski definition) is 4. The van der Waals surface area contributed by atoms with Crippen molar-refractivity contribution in [3.8, 4) is 5.75 Å². The van der Waals surface area contributed by atoms with Crippen LogP contribution in [0.25, 0.3) is 0 Å². The van der Waals surface area contributed by atoms with E-state index in [-0.39, 0.29) is 11.4 Å². The molecule has 0 heterocycles. The fraction of sp³-hybridized carbons (Fsp3) is 0.269. The number of carbonyl (C=O) groups is 1. The molecule has 0 bridgehead atoms. The SMILES string of the molecule is CCOc1ccccc1CCCNC(=O)CN(c1cc(Cl)ccc1C)S(=O)(=O)c1ccccc1. The number of rotatable bonds is 11. The highest BCUT2D eigenvalue weighted by Gasteiger charge is 2.28. The quantitative estimate of drug-likeness (QED) is 0.376. The second-order valence-electron chi connectivity index (χ2n) is 7.75. The summed E-state index contributed by atoms with van der Waals surface area (Å²) in [5.41, 5.74) is 2.14. The zero-order valence-electron chi connectivity index (χ0n) is 19.3. The highest BCUT2D eigenvalue weighted by atomic mass is 35.5. The first-order valence-electron chi connectivity index (χ1n) is 11.1. The Bertz CT molecular complexity index is 1220. The van der Waals surface area contributed by atoms with Crippen molar-refractivity contribution in [2.75, 3.05) is 24.0 Å². The van der Waals surface area contributed by atoms with Crippen LogP contribution in [0.4, 0.5) is 5.69 Å². The van der Waals surface area contributed by atoms with Gasteiger partial charge in [0, 0.05) is 11.6 Å². The monoisotopic (exact) mass is 500 g/mol. The molecule has 1 N–H and O–H groups in total. The average Bonchev–Trinajstić information content (AvgIpc) is 2.83. The normalized spacial score (nSPS) is 11.1. The van der Waals surface area contributed by atoms with Gasteiger partial charge in [0.1, 0.15) is 12.3 Å². The van der Waals surface area contributed by atoms with Gasteiger partial charge in [0.25, 0.3) is 10.0 Å². The third-order valence-electron chi connectivity index (χ3n) is 5.28. The topological polar surface area (TPSA) is 75.7 Å². The Morgan fingerprint density at radius 1 is 1.03 bits per heavy atom. The third-order valence-corrected chi connectivity index (χ3v) is 7.28. The summed E-state index contributed by atoms with van der Waals surface area (Å²) < 4.78 is 33.6. The molecule has 180 valence electrons. The molecular weight excluding hydrogens is 472 g/mol. The molecule has 1 amide bonds. The molecule has 3 rings (SSSR count). The summed E-state index contributed by atoms with van der Waals surface area (Å²) in [6.07, 6.45) is 1.42. The number of aryl methyl sites for hydroxylation is 2. The molecule has 0 saturated carbocycles. The van der Waals surface area contributed by atoms with Crippen LogP contribution >= 0.6 is 11.6 Å². The van der Waals surface area contributed by atoms with Crippen molar-refractivity contribution >= 4 is 33.2 Å². The third kappa shape index (κ3) is 6.52. The fourth-order valence-corrected chi connectivity index (χ4v) is 5.23. The number of nitrogens with one attached hydrogen (secondary N) is 1. The van der Waals surface area contributed by atoms with Gasteiger partial charge in [-0.15, -0.1) is 0 Å². The van der Waals surface area contributed by atoms with Crippen LogP contribution in [0.5, 0.6) is 5.75 Å². The van der Waals surface area contributed by atoms with Crippen molar-refractivity contribution in [2.45, 2.75) is 31.6 Å². The molecule has 0 aliphatic rings. The smallest absolute Gasteiger partial charge is 0.264 e. The minimum Gasteiger partial charge on any atom is -0.494 e. The van der Waals surface area contributed by atoms with Gasteiger partial charge >= 0.3 is 0 Å². The molecule has 34 heavy (non-hydrogen) atoms. The summed E-state index contributed by atoms with van der Waals surface area (Å²) >= 11 is 6.16. The molecular formula is C26H29ClN2O4S. The van der Waals surface area contributed by atoms with Crippen LogP contribution < -0.4 is 14.4 Å². The van der Waals surface area contributed by atoms with Crippen molar-refractivity contribution < 1.29 is 17.9 Å². The van der Waals surface area contributed by atoms with Crippen LogP contribution in [0.3, 0.4) is 0 Å². The summed E-state index contributed by atoms with van der Waals surface area (Å²) in [7, 11) is -3.98. The summed E-state index contributed by atoms with van der Waals surface area (Å²) in [6, 6.07) is 20.9. The lowest BCUT2D eigenvalue weighted by Gasteiger charge is -2.26. The van der Waals surface area contributed by atoms with Crippen LogP contribution in [-0.4, -0.2) is 34.0 Å². The number of amides is 1. The maximum absolute atomic E-state index is 13.4. The van der Waals surface area contributed by atoms with Gasteiger partial charge in [-0.05, 0) is 68.1 Å². The van der Waals surface area contributed by atoms with Crippen molar-refractivity contribution in [2.24, 2.45) is 0 Å². The lowest BCUT2D eigenvalue weighted by molar-refractivity contribution is -0.119. The molecule has 8 heteroatoms. The Morgan fingerprint density at radius 2 is 1.74 bits per heavy atom. The van der Waals surface area contributed by atoms with Gasteiger partial charge in [-0.2, -0.15) is 0 Å². The van der Waals surface area contributed by atoms with E-state index in [2.05, 4.69) is 5.32 Å². The summed E-state index contributed by atoms with van der Waals surface area (Å²) in [5.74, 6) is 0.449. The van der Waals surface area contributed by atoms with E-state index in [0.717, 1.165) is 22.0 Å². The number of carbonyl (C=O) groups excluding carboxylic acids is 1. The van der Waals surface area contributed by atoms with E-state index in [9.17, 15) is 13.2 Å². The average molecular weight is 501 g/mol. The van der Waals surface area contributed by atoms with E-state index in [4.69, 9.17) is 16.3 Å². The molecule has 3 aromatic carbocycles. The predicted octanol–water partition coefficient (Wildman–Crippen LogP) is 4.99. The number of hydrogen-bond donors (Lipinski definition) is 1. The Labute approximate surface area is 206 Å². The van der Waals surface area contributed by atoms with Gasteiger partial charge < -0.3 is 10.1 Å². The van der Waals surface area contributed by atoms with Crippen LogP contribution in [-0.2, 0) is 21.2 Å². The van der Waals surface area contributed by atoms with E-state index >= 15 is 0 Å². The van der Waals surface area contributed by atoms with Crippen LogP contribution in [0, 0.1) is 6.92 Å². The van der Waals surface area contributed by atoms with E-state index in [1.54, 1.807) is 43.3 Å². The van der Waals surface area contributed by atoms with E-state index in [0.29, 0.717) is 35.8 Å². The number of anilines is 1. The van der Waals surface area contributed by atoms with Gasteiger partial charge in [0.2, 0.25) is 5.91 Å². The van der Waals surface area contributed by atoms with Crippen molar-refractivity contribution in [3.63, 3.8) is 0 Å². The number of nitrogens with zero attached hydrogens (tertiary/aromatic N) is 1. The van der Waals surface area contributed by atoms with Gasteiger partial charge in [-0.25, -0.2) is 8.42 Å². The van der Waals surface area contributed by atoms with Crippen LogP contribution in [0.15, 0.2) is 77.7 Å². The Balaban J connectivity index is 1.72. The van der Waals surface area contributed by atoms with Crippen molar-refractivity contribution in [3.05, 3.63) is 88.9 Å². The molecule has 0 saturated heterocycles. The molecule has 3 aromatic rings. The van der Waals surface area contributed by atoms with Crippen LogP contribution in [0.2, 0.25) is 5.02 Å².